The van der Waals surface area contributed by atoms with Crippen molar-refractivity contribution in [2.24, 2.45) is 5.92 Å². The van der Waals surface area contributed by atoms with E-state index in [1.54, 1.807) is 0 Å². The molecular weight excluding hydrogens is 216 g/mol. The molecule has 1 N–H and O–H groups in total. The molecule has 0 unspecified atom stereocenters. The summed E-state index contributed by atoms with van der Waals surface area (Å²) in [6.07, 6.45) is 3.26. The van der Waals surface area contributed by atoms with E-state index in [1.807, 2.05) is 25.7 Å². The molecule has 0 saturated carbocycles. The van der Waals surface area contributed by atoms with Crippen LogP contribution in [0.25, 0.3) is 0 Å². The molecule has 0 aliphatic carbocycles. The van der Waals surface area contributed by atoms with Gasteiger partial charge in [0.25, 0.3) is 0 Å². The van der Waals surface area contributed by atoms with Gasteiger partial charge in [0.05, 0.1) is 0 Å². The van der Waals surface area contributed by atoms with Crippen molar-refractivity contribution in [3.05, 3.63) is 0 Å². The summed E-state index contributed by atoms with van der Waals surface area (Å²) < 4.78 is 5.49. The lowest BCUT2D eigenvalue weighted by Crippen LogP contribution is -2.55. The van der Waals surface area contributed by atoms with Crippen LogP contribution < -0.4 is 5.32 Å². The van der Waals surface area contributed by atoms with E-state index < -0.39 is 5.60 Å². The van der Waals surface area contributed by atoms with Crippen LogP contribution in [0.1, 0.15) is 40.0 Å². The zero-order valence-corrected chi connectivity index (χ0v) is 11.2. The summed E-state index contributed by atoms with van der Waals surface area (Å²) in [6, 6.07) is 0.389. The molecule has 0 radical (unpaired) electrons. The van der Waals surface area contributed by atoms with Crippen molar-refractivity contribution in [1.82, 2.24) is 10.2 Å². The predicted octanol–water partition coefficient (Wildman–Crippen LogP) is 2.00. The molecule has 2 aliphatic rings. The van der Waals surface area contributed by atoms with Gasteiger partial charge in [-0.15, -0.1) is 0 Å². The minimum absolute atomic E-state index is 0.130. The number of rotatable bonds is 0. The molecule has 1 amide bonds. The summed E-state index contributed by atoms with van der Waals surface area (Å²) in [7, 11) is 0. The number of ether oxygens (including phenoxy) is 1. The van der Waals surface area contributed by atoms with E-state index in [-0.39, 0.29) is 6.09 Å². The van der Waals surface area contributed by atoms with Crippen LogP contribution in [0.2, 0.25) is 0 Å². The predicted molar refractivity (Wildman–Crippen MR) is 66.9 cm³/mol. The van der Waals surface area contributed by atoms with Crippen LogP contribution in [0.15, 0.2) is 0 Å². The summed E-state index contributed by atoms with van der Waals surface area (Å²) >= 11 is 0. The van der Waals surface area contributed by atoms with Crippen LogP contribution in [0.4, 0.5) is 4.79 Å². The molecule has 0 spiro atoms. The van der Waals surface area contributed by atoms with E-state index >= 15 is 0 Å². The normalized spacial score (nSPS) is 29.7. The van der Waals surface area contributed by atoms with Crippen molar-refractivity contribution in [3.63, 3.8) is 0 Å². The maximum absolute atomic E-state index is 12.2. The first-order valence-corrected chi connectivity index (χ1v) is 6.68. The largest absolute Gasteiger partial charge is 0.444 e. The van der Waals surface area contributed by atoms with E-state index in [0.29, 0.717) is 12.0 Å². The van der Waals surface area contributed by atoms with Crippen molar-refractivity contribution < 1.29 is 9.53 Å². The molecule has 4 heteroatoms. The zero-order chi connectivity index (χ0) is 12.5. The summed E-state index contributed by atoms with van der Waals surface area (Å²) in [5, 5.41) is 3.41. The smallest absolute Gasteiger partial charge is 0.410 e. The Balaban J connectivity index is 2.01. The highest BCUT2D eigenvalue weighted by molar-refractivity contribution is 5.68. The average molecular weight is 240 g/mol. The molecular formula is C13H24N2O2. The van der Waals surface area contributed by atoms with Crippen LogP contribution in [0, 0.1) is 5.92 Å². The third-order valence-electron chi connectivity index (χ3n) is 3.57. The molecule has 17 heavy (non-hydrogen) atoms. The zero-order valence-electron chi connectivity index (χ0n) is 11.2. The van der Waals surface area contributed by atoms with Crippen molar-refractivity contribution in [3.8, 4) is 0 Å². The van der Waals surface area contributed by atoms with Gasteiger partial charge in [0.15, 0.2) is 0 Å². The Kier molecular flexibility index (Phi) is 3.61. The van der Waals surface area contributed by atoms with Gasteiger partial charge < -0.3 is 15.0 Å². The fraction of sp³-hybridized carbons (Fsp3) is 0.923. The Hall–Kier alpha value is -0.770. The van der Waals surface area contributed by atoms with E-state index in [0.717, 1.165) is 32.5 Å². The van der Waals surface area contributed by atoms with Gasteiger partial charge in [-0.05, 0) is 59.0 Å². The fourth-order valence-corrected chi connectivity index (χ4v) is 2.85. The Bertz CT molecular complexity index is 284. The fourth-order valence-electron chi connectivity index (χ4n) is 2.85. The lowest BCUT2D eigenvalue weighted by atomic mass is 9.85. The highest BCUT2D eigenvalue weighted by Gasteiger charge is 2.37. The van der Waals surface area contributed by atoms with Gasteiger partial charge in [-0.1, -0.05) is 0 Å². The van der Waals surface area contributed by atoms with Crippen molar-refractivity contribution in [2.45, 2.75) is 51.7 Å². The van der Waals surface area contributed by atoms with E-state index in [9.17, 15) is 4.79 Å². The molecule has 0 bridgehead atoms. The molecule has 2 fully saturated rings. The second-order valence-electron chi connectivity index (χ2n) is 6.14. The van der Waals surface area contributed by atoms with Gasteiger partial charge in [-0.2, -0.15) is 0 Å². The highest BCUT2D eigenvalue weighted by Crippen LogP contribution is 2.28. The maximum Gasteiger partial charge on any atom is 0.410 e. The van der Waals surface area contributed by atoms with Gasteiger partial charge in [0.1, 0.15) is 5.60 Å². The number of carbonyl (C=O) groups excluding carboxylic acids is 1. The van der Waals surface area contributed by atoms with E-state index in [1.165, 1.54) is 6.42 Å². The first kappa shape index (κ1) is 12.7. The van der Waals surface area contributed by atoms with Crippen LogP contribution in [-0.2, 0) is 4.74 Å². The summed E-state index contributed by atoms with van der Waals surface area (Å²) in [4.78, 5) is 14.1. The number of carbonyl (C=O) groups is 1. The molecule has 4 nitrogen and oxygen atoms in total. The molecule has 2 heterocycles. The number of likely N-dealkylation sites (tertiary alicyclic amines) is 1. The van der Waals surface area contributed by atoms with Crippen molar-refractivity contribution >= 4 is 6.09 Å². The Labute approximate surface area is 104 Å². The van der Waals surface area contributed by atoms with Crippen LogP contribution in [0.3, 0.4) is 0 Å². The molecule has 0 aromatic heterocycles. The topological polar surface area (TPSA) is 41.6 Å². The number of hydrogen-bond donors (Lipinski definition) is 1. The van der Waals surface area contributed by atoms with E-state index in [4.69, 9.17) is 4.74 Å². The van der Waals surface area contributed by atoms with Crippen molar-refractivity contribution in [2.75, 3.05) is 19.6 Å². The second kappa shape index (κ2) is 4.84. The van der Waals surface area contributed by atoms with Gasteiger partial charge in [0, 0.05) is 12.6 Å². The third-order valence-corrected chi connectivity index (χ3v) is 3.57. The SMILES string of the molecule is CC(C)(C)OC(=O)N1CCC[C@H]2CNCC[C@@H]21. The quantitative estimate of drug-likeness (QED) is 0.704. The monoisotopic (exact) mass is 240 g/mol. The van der Waals surface area contributed by atoms with Crippen LogP contribution in [-0.4, -0.2) is 42.3 Å². The minimum Gasteiger partial charge on any atom is -0.444 e. The summed E-state index contributed by atoms with van der Waals surface area (Å²) in [5.74, 6) is 0.616. The lowest BCUT2D eigenvalue weighted by Gasteiger charge is -2.44. The summed E-state index contributed by atoms with van der Waals surface area (Å²) in [6.45, 7) is 8.69. The first-order chi connectivity index (χ1) is 7.97. The maximum atomic E-state index is 12.2. The minimum atomic E-state index is -0.392. The molecule has 2 rings (SSSR count). The van der Waals surface area contributed by atoms with Crippen LogP contribution in [0.5, 0.6) is 0 Å². The number of nitrogens with zero attached hydrogens (tertiary/aromatic N) is 1. The number of fused-ring (bicyclic) bond motifs is 1. The number of hydrogen-bond acceptors (Lipinski definition) is 3. The van der Waals surface area contributed by atoms with Crippen molar-refractivity contribution in [1.29, 1.82) is 0 Å². The van der Waals surface area contributed by atoms with Gasteiger partial charge in [0.2, 0.25) is 0 Å². The number of nitrogens with one attached hydrogen (secondary N) is 1. The molecule has 0 aromatic rings. The Morgan fingerprint density at radius 1 is 1.35 bits per heavy atom. The van der Waals surface area contributed by atoms with Crippen LogP contribution >= 0.6 is 0 Å². The Morgan fingerprint density at radius 2 is 2.12 bits per heavy atom. The molecule has 2 aliphatic heterocycles. The number of piperidine rings is 2. The molecule has 2 saturated heterocycles. The first-order valence-electron chi connectivity index (χ1n) is 6.68. The van der Waals surface area contributed by atoms with Gasteiger partial charge in [-0.25, -0.2) is 4.79 Å². The lowest BCUT2D eigenvalue weighted by molar-refractivity contribution is -0.00497. The van der Waals surface area contributed by atoms with Gasteiger partial charge >= 0.3 is 6.09 Å². The second-order valence-corrected chi connectivity index (χ2v) is 6.14. The number of amides is 1. The molecule has 0 aromatic carbocycles. The molecule has 2 atom stereocenters. The summed E-state index contributed by atoms with van der Waals surface area (Å²) in [5.41, 5.74) is -0.392. The van der Waals surface area contributed by atoms with E-state index in [2.05, 4.69) is 5.32 Å². The Morgan fingerprint density at radius 3 is 2.82 bits per heavy atom. The molecule has 98 valence electrons. The standard InChI is InChI=1S/C13H24N2O2/c1-13(2,3)17-12(16)15-8-4-5-10-9-14-7-6-11(10)15/h10-11,14H,4-9H2,1-3H3/t10-,11-/m0/s1. The average Bonchev–Trinajstić information content (AvgIpc) is 2.26. The highest BCUT2D eigenvalue weighted by atomic mass is 16.6. The van der Waals surface area contributed by atoms with Gasteiger partial charge in [-0.3, -0.25) is 0 Å². The third kappa shape index (κ3) is 3.12.